The van der Waals surface area contributed by atoms with E-state index in [4.69, 9.17) is 30.5 Å². The van der Waals surface area contributed by atoms with Gasteiger partial charge in [0.1, 0.15) is 11.2 Å². The van der Waals surface area contributed by atoms with E-state index < -0.39 is 222 Å². The predicted octanol–water partition coefficient (Wildman–Crippen LogP) is 10.9. The zero-order valence-corrected chi connectivity index (χ0v) is 19.4. The highest BCUT2D eigenvalue weighted by atomic mass is 16.3. The van der Waals surface area contributed by atoms with Crippen LogP contribution in [0.15, 0.2) is 149 Å². The summed E-state index contributed by atoms with van der Waals surface area (Å²) < 4.78 is 217. The molecular weight excluding hydrogens is 472 g/mol. The van der Waals surface area contributed by atoms with Crippen LogP contribution in [-0.4, -0.2) is 0 Å². The van der Waals surface area contributed by atoms with Crippen LogP contribution >= 0.6 is 0 Å². The molecule has 39 heavy (non-hydrogen) atoms. The molecule has 8 rings (SSSR count). The Kier molecular flexibility index (Phi) is 1.94. The molecule has 0 aliphatic rings. The zero-order valence-electron chi connectivity index (χ0n) is 43.4. The molecule has 1 aromatic heterocycles. The second-order valence-electron chi connectivity index (χ2n) is 8.26. The van der Waals surface area contributed by atoms with Crippen LogP contribution < -0.4 is 0 Å². The third-order valence-electron chi connectivity index (χ3n) is 6.24. The van der Waals surface area contributed by atoms with Gasteiger partial charge in [-0.2, -0.15) is 0 Å². The average molecular weight is 521 g/mol. The Labute approximate surface area is 260 Å². The van der Waals surface area contributed by atoms with Crippen LogP contribution in [-0.2, 0) is 0 Å². The van der Waals surface area contributed by atoms with Crippen molar-refractivity contribution in [2.24, 2.45) is 0 Å². The summed E-state index contributed by atoms with van der Waals surface area (Å²) in [7, 11) is 0. The van der Waals surface area contributed by atoms with Gasteiger partial charge in [0.2, 0.25) is 0 Å². The van der Waals surface area contributed by atoms with Gasteiger partial charge in [-0.3, -0.25) is 0 Å². The van der Waals surface area contributed by atoms with Gasteiger partial charge in [-0.05, 0) is 38.2 Å². The smallest absolute Gasteiger partial charge is 0.143 e. The number of hydrogen-bond donors (Lipinski definition) is 0. The molecule has 1 nitrogen and oxygen atoms in total. The first kappa shape index (κ1) is 8.69. The molecular formula is C38H24O. The minimum absolute atomic E-state index is 0.513. The second kappa shape index (κ2) is 8.72. The van der Waals surface area contributed by atoms with Crippen molar-refractivity contribution in [3.63, 3.8) is 0 Å². The topological polar surface area (TPSA) is 13.1 Å². The Morgan fingerprint density at radius 3 is 1.31 bits per heavy atom. The number of para-hydroxylation sites is 2. The molecule has 1 heteroatoms. The standard InChI is InChI=1S/C38H24O/c1-3-13-25(14-4-1)27-21-11-22-32-33-23-12-24-34(38(33)39-37(27)32)36-30-19-9-7-17-28(30)35(26-15-5-2-6-16-26)29-18-8-10-20-31(29)36/h1-24H/i1D,2D,3D,4D,5D,6D,7D,8D,9D,10D,11D,12D,13D,14D,15D,16D,17D,18D,19D,20D,21D,22D,23D,24D. The maximum Gasteiger partial charge on any atom is 0.143 e. The zero-order chi connectivity index (χ0) is 46.6. The molecule has 1 heterocycles. The van der Waals surface area contributed by atoms with E-state index in [-0.39, 0.29) is 0 Å². The van der Waals surface area contributed by atoms with E-state index in [9.17, 15) is 6.85 Å². The Morgan fingerprint density at radius 2 is 0.744 bits per heavy atom. The molecule has 0 aliphatic heterocycles. The van der Waals surface area contributed by atoms with Gasteiger partial charge in [-0.25, -0.2) is 0 Å². The van der Waals surface area contributed by atoms with Gasteiger partial charge in [-0.15, -0.1) is 0 Å². The van der Waals surface area contributed by atoms with Gasteiger partial charge in [0, 0.05) is 27.5 Å². The maximum atomic E-state index is 9.36. The molecule has 0 amide bonds. The van der Waals surface area contributed by atoms with Gasteiger partial charge < -0.3 is 4.42 Å². The fraction of sp³-hybridized carbons (Fsp3) is 0. The molecule has 0 radical (unpaired) electrons. The first-order valence-electron chi connectivity index (χ1n) is 23.4. The number of fused-ring (bicyclic) bond motifs is 5. The van der Waals surface area contributed by atoms with E-state index in [1.807, 2.05) is 0 Å². The summed E-state index contributed by atoms with van der Waals surface area (Å²) >= 11 is 0. The summed E-state index contributed by atoms with van der Waals surface area (Å²) in [4.78, 5) is 0. The van der Waals surface area contributed by atoms with E-state index in [0.717, 1.165) is 0 Å². The van der Waals surface area contributed by atoms with Gasteiger partial charge >= 0.3 is 0 Å². The Hall–Kier alpha value is -5.14. The van der Waals surface area contributed by atoms with Gasteiger partial charge in [0.15, 0.2) is 0 Å². The number of benzene rings is 7. The van der Waals surface area contributed by atoms with Crippen LogP contribution in [0.2, 0.25) is 0 Å². The molecule has 7 aromatic carbocycles. The minimum Gasteiger partial charge on any atom is -0.455 e. The first-order valence-corrected chi connectivity index (χ1v) is 11.4. The molecule has 0 aliphatic carbocycles. The van der Waals surface area contributed by atoms with Crippen molar-refractivity contribution in [2.75, 3.05) is 0 Å². The lowest BCUT2D eigenvalue weighted by molar-refractivity contribution is 0.671. The molecule has 0 spiro atoms. The van der Waals surface area contributed by atoms with Crippen molar-refractivity contribution >= 4 is 43.5 Å². The van der Waals surface area contributed by atoms with E-state index in [2.05, 4.69) is 0 Å². The second-order valence-corrected chi connectivity index (χ2v) is 8.26. The Morgan fingerprint density at radius 1 is 0.333 bits per heavy atom. The lowest BCUT2D eigenvalue weighted by Crippen LogP contribution is -1.90. The summed E-state index contributed by atoms with van der Waals surface area (Å²) in [5.41, 5.74) is -5.29. The maximum absolute atomic E-state index is 9.36. The fourth-order valence-electron chi connectivity index (χ4n) is 4.67. The highest BCUT2D eigenvalue weighted by molar-refractivity contribution is 6.24. The summed E-state index contributed by atoms with van der Waals surface area (Å²) in [6.45, 7) is 0. The SMILES string of the molecule is [2H]c1c([2H])c([2H])c(-c2c([2H])c([2H])c([2H])c3c2oc2c(-c4c5c([2H])c([2H])c([2H])c([2H])c5c(-c5c([2H])c([2H])c([2H])c([2H])c5[2H])c5c([2H])c([2H])c([2H])c([2H])c45)c([2H])c([2H])c([2H])c23)c([2H])c1[2H]. The van der Waals surface area contributed by atoms with Crippen molar-refractivity contribution in [1.29, 1.82) is 0 Å². The average Bonchev–Trinajstić information content (AvgIpc) is 3.65. The van der Waals surface area contributed by atoms with Crippen molar-refractivity contribution in [3.8, 4) is 33.4 Å². The predicted molar refractivity (Wildman–Crippen MR) is 165 cm³/mol. The van der Waals surface area contributed by atoms with E-state index in [1.165, 1.54) is 0 Å². The summed E-state index contributed by atoms with van der Waals surface area (Å²) in [5, 5.41) is -3.68. The van der Waals surface area contributed by atoms with Crippen molar-refractivity contribution < 1.29 is 37.3 Å². The van der Waals surface area contributed by atoms with Crippen molar-refractivity contribution in [3.05, 3.63) is 145 Å². The molecule has 0 atom stereocenters. The number of hydrogen-bond acceptors (Lipinski definition) is 1. The van der Waals surface area contributed by atoms with Crippen LogP contribution in [0, 0.1) is 0 Å². The molecule has 0 saturated carbocycles. The molecule has 0 N–H and O–H groups in total. The van der Waals surface area contributed by atoms with Crippen molar-refractivity contribution in [1.82, 2.24) is 0 Å². The van der Waals surface area contributed by atoms with Crippen molar-refractivity contribution in [2.45, 2.75) is 0 Å². The third-order valence-corrected chi connectivity index (χ3v) is 6.24. The summed E-state index contributed by atoms with van der Waals surface area (Å²) in [6.07, 6.45) is 0. The number of furan rings is 1. The largest absolute Gasteiger partial charge is 0.455 e. The minimum atomic E-state index is -0.947. The quantitative estimate of drug-likeness (QED) is 0.211. The molecule has 182 valence electrons. The molecule has 0 bridgehead atoms. The normalized spacial score (nSPS) is 20.2. The third kappa shape index (κ3) is 3.34. The number of rotatable bonds is 3. The van der Waals surface area contributed by atoms with Crippen LogP contribution in [0.4, 0.5) is 0 Å². The molecule has 0 saturated heterocycles. The van der Waals surface area contributed by atoms with Gasteiger partial charge in [0.25, 0.3) is 0 Å². The van der Waals surface area contributed by atoms with E-state index in [1.54, 1.807) is 0 Å². The van der Waals surface area contributed by atoms with Crippen LogP contribution in [0.3, 0.4) is 0 Å². The van der Waals surface area contributed by atoms with Crippen LogP contribution in [0.5, 0.6) is 0 Å². The van der Waals surface area contributed by atoms with Gasteiger partial charge in [0.05, 0.1) is 32.9 Å². The fourth-order valence-corrected chi connectivity index (χ4v) is 4.67. The molecule has 0 unspecified atom stereocenters. The Bertz CT molecular complexity index is 3360. The summed E-state index contributed by atoms with van der Waals surface area (Å²) in [6, 6.07) is -21.4. The van der Waals surface area contributed by atoms with Crippen LogP contribution in [0.25, 0.3) is 76.9 Å². The lowest BCUT2D eigenvalue weighted by Gasteiger charge is -2.17. The molecule has 0 fully saturated rings. The van der Waals surface area contributed by atoms with Crippen LogP contribution in [0.1, 0.15) is 32.9 Å². The lowest BCUT2D eigenvalue weighted by atomic mass is 9.85. The monoisotopic (exact) mass is 520 g/mol. The summed E-state index contributed by atoms with van der Waals surface area (Å²) in [5.74, 6) is 0. The molecule has 8 aromatic rings. The Balaban J connectivity index is 1.76. The van der Waals surface area contributed by atoms with E-state index >= 15 is 0 Å². The first-order chi connectivity index (χ1) is 29.3. The van der Waals surface area contributed by atoms with Gasteiger partial charge in [-0.1, -0.05) is 145 Å². The highest BCUT2D eigenvalue weighted by Gasteiger charge is 2.20. The van der Waals surface area contributed by atoms with E-state index in [0.29, 0.717) is 0 Å². The highest BCUT2D eigenvalue weighted by Crippen LogP contribution is 2.47.